The van der Waals surface area contributed by atoms with E-state index in [0.29, 0.717) is 22.5 Å². The van der Waals surface area contributed by atoms with Gasteiger partial charge in [-0.25, -0.2) is 0 Å². The van der Waals surface area contributed by atoms with Crippen LogP contribution in [0.3, 0.4) is 0 Å². The molecule has 0 fully saturated rings. The fraction of sp³-hybridized carbons (Fsp3) is 0.167. The van der Waals surface area contributed by atoms with E-state index >= 15 is 0 Å². The molecule has 0 aliphatic heterocycles. The van der Waals surface area contributed by atoms with Crippen molar-refractivity contribution in [3.8, 4) is 6.07 Å². The van der Waals surface area contributed by atoms with Gasteiger partial charge < -0.3 is 10.6 Å². The second kappa shape index (κ2) is 7.75. The minimum Gasteiger partial charge on any atom is -0.375 e. The van der Waals surface area contributed by atoms with E-state index in [4.69, 9.17) is 5.26 Å². The zero-order valence-corrected chi connectivity index (χ0v) is 14.9. The Kier molecular flexibility index (Phi) is 5.72. The Morgan fingerprint density at radius 1 is 1.21 bits per heavy atom. The van der Waals surface area contributed by atoms with E-state index in [1.54, 1.807) is 24.3 Å². The molecule has 5 nitrogen and oxygen atoms in total. The van der Waals surface area contributed by atoms with Crippen LogP contribution < -0.4 is 10.6 Å². The standard InChI is InChI=1S/C18H16BrN3O2/c1-11-7-15(5-6-16(11)19)22-18(24)10-21-17-8-13(12(2)23)3-4-14(17)9-20/h3-8,21H,10H2,1-2H3,(H,22,24). The highest BCUT2D eigenvalue weighted by atomic mass is 79.9. The van der Waals surface area contributed by atoms with Gasteiger partial charge in [-0.1, -0.05) is 15.9 Å². The van der Waals surface area contributed by atoms with Crippen LogP contribution in [0, 0.1) is 18.3 Å². The molecule has 0 unspecified atom stereocenters. The molecule has 0 aromatic heterocycles. The van der Waals surface area contributed by atoms with Crippen molar-refractivity contribution in [1.82, 2.24) is 0 Å². The number of nitrogens with one attached hydrogen (secondary N) is 2. The first-order chi connectivity index (χ1) is 11.4. The number of amides is 1. The van der Waals surface area contributed by atoms with E-state index in [1.807, 2.05) is 25.1 Å². The quantitative estimate of drug-likeness (QED) is 0.764. The van der Waals surface area contributed by atoms with Crippen molar-refractivity contribution in [3.05, 3.63) is 57.6 Å². The van der Waals surface area contributed by atoms with Gasteiger partial charge in [0.2, 0.25) is 5.91 Å². The Balaban J connectivity index is 2.05. The smallest absolute Gasteiger partial charge is 0.243 e. The molecule has 2 N–H and O–H groups in total. The Morgan fingerprint density at radius 3 is 2.58 bits per heavy atom. The molecule has 6 heteroatoms. The molecule has 1 amide bonds. The number of carbonyl (C=O) groups is 2. The number of rotatable bonds is 5. The summed E-state index contributed by atoms with van der Waals surface area (Å²) < 4.78 is 0.971. The van der Waals surface area contributed by atoms with Gasteiger partial charge in [0.25, 0.3) is 0 Å². The number of Topliss-reactive ketones (excluding diaryl/α,β-unsaturated/α-hetero) is 1. The Labute approximate surface area is 148 Å². The van der Waals surface area contributed by atoms with Crippen LogP contribution in [0.1, 0.15) is 28.4 Å². The number of benzene rings is 2. The van der Waals surface area contributed by atoms with Gasteiger partial charge in [-0.3, -0.25) is 9.59 Å². The molecule has 2 aromatic carbocycles. The van der Waals surface area contributed by atoms with Gasteiger partial charge in [-0.15, -0.1) is 0 Å². The Hall–Kier alpha value is -2.65. The normalized spacial score (nSPS) is 9.92. The lowest BCUT2D eigenvalue weighted by atomic mass is 10.1. The summed E-state index contributed by atoms with van der Waals surface area (Å²) in [6.45, 7) is 3.38. The van der Waals surface area contributed by atoms with Crippen molar-refractivity contribution in [1.29, 1.82) is 5.26 Å². The molecule has 0 heterocycles. The molecule has 0 saturated heterocycles. The van der Waals surface area contributed by atoms with E-state index in [1.165, 1.54) is 6.92 Å². The maximum absolute atomic E-state index is 12.1. The van der Waals surface area contributed by atoms with Gasteiger partial charge >= 0.3 is 0 Å². The first-order valence-electron chi connectivity index (χ1n) is 7.25. The van der Waals surface area contributed by atoms with Gasteiger partial charge in [0.05, 0.1) is 17.8 Å². The summed E-state index contributed by atoms with van der Waals surface area (Å²) in [5.74, 6) is -0.342. The Bertz CT molecular complexity index is 841. The van der Waals surface area contributed by atoms with Crippen molar-refractivity contribution in [2.24, 2.45) is 0 Å². The Morgan fingerprint density at radius 2 is 1.96 bits per heavy atom. The van der Waals surface area contributed by atoms with Gasteiger partial charge in [0, 0.05) is 15.7 Å². The highest BCUT2D eigenvalue weighted by Crippen LogP contribution is 2.20. The number of carbonyl (C=O) groups excluding carboxylic acids is 2. The van der Waals surface area contributed by atoms with Crippen LogP contribution in [0.5, 0.6) is 0 Å². The second-order valence-corrected chi connectivity index (χ2v) is 6.15. The van der Waals surface area contributed by atoms with E-state index < -0.39 is 0 Å². The first kappa shape index (κ1) is 17.7. The number of nitrogens with zero attached hydrogens (tertiary/aromatic N) is 1. The molecule has 0 aliphatic carbocycles. The molecule has 122 valence electrons. The zero-order valence-electron chi connectivity index (χ0n) is 13.3. The summed E-state index contributed by atoms with van der Waals surface area (Å²) >= 11 is 3.41. The molecule has 0 bridgehead atoms. The highest BCUT2D eigenvalue weighted by Gasteiger charge is 2.09. The molecule has 0 saturated carbocycles. The fourth-order valence-corrected chi connectivity index (χ4v) is 2.36. The highest BCUT2D eigenvalue weighted by molar-refractivity contribution is 9.10. The summed E-state index contributed by atoms with van der Waals surface area (Å²) in [7, 11) is 0. The van der Waals surface area contributed by atoms with Crippen molar-refractivity contribution in [2.75, 3.05) is 17.2 Å². The third-order valence-electron chi connectivity index (χ3n) is 3.43. The predicted molar refractivity (Wildman–Crippen MR) is 97.2 cm³/mol. The van der Waals surface area contributed by atoms with Crippen LogP contribution in [0.25, 0.3) is 0 Å². The van der Waals surface area contributed by atoms with Crippen molar-refractivity contribution >= 4 is 39.0 Å². The molecule has 2 rings (SSSR count). The summed E-state index contributed by atoms with van der Waals surface area (Å²) in [5, 5.41) is 14.8. The lowest BCUT2D eigenvalue weighted by Gasteiger charge is -2.11. The minimum atomic E-state index is -0.242. The van der Waals surface area contributed by atoms with Gasteiger partial charge in [-0.05, 0) is 55.8 Å². The summed E-state index contributed by atoms with van der Waals surface area (Å²) in [4.78, 5) is 23.5. The number of anilines is 2. The monoisotopic (exact) mass is 385 g/mol. The molecule has 0 aliphatic rings. The first-order valence-corrected chi connectivity index (χ1v) is 8.05. The van der Waals surface area contributed by atoms with E-state index in [-0.39, 0.29) is 18.2 Å². The van der Waals surface area contributed by atoms with Crippen LogP contribution in [0.4, 0.5) is 11.4 Å². The topological polar surface area (TPSA) is 82.0 Å². The fourth-order valence-electron chi connectivity index (χ4n) is 2.11. The lowest BCUT2D eigenvalue weighted by Crippen LogP contribution is -2.22. The predicted octanol–water partition coefficient (Wildman–Crippen LogP) is 3.88. The van der Waals surface area contributed by atoms with Crippen LogP contribution in [0.2, 0.25) is 0 Å². The maximum Gasteiger partial charge on any atom is 0.243 e. The van der Waals surface area contributed by atoms with E-state index in [0.717, 1.165) is 10.0 Å². The van der Waals surface area contributed by atoms with Gasteiger partial charge in [0.1, 0.15) is 6.07 Å². The molecular formula is C18H16BrN3O2. The number of hydrogen-bond donors (Lipinski definition) is 2. The third kappa shape index (κ3) is 4.43. The van der Waals surface area contributed by atoms with Crippen LogP contribution in [0.15, 0.2) is 40.9 Å². The van der Waals surface area contributed by atoms with Gasteiger partial charge in [-0.2, -0.15) is 5.26 Å². The van der Waals surface area contributed by atoms with Crippen molar-refractivity contribution in [2.45, 2.75) is 13.8 Å². The summed E-state index contributed by atoms with van der Waals surface area (Å²) in [5.41, 5.74) is 3.04. The second-order valence-electron chi connectivity index (χ2n) is 5.29. The largest absolute Gasteiger partial charge is 0.375 e. The summed E-state index contributed by atoms with van der Waals surface area (Å²) in [6, 6.07) is 12.3. The number of hydrogen-bond acceptors (Lipinski definition) is 4. The van der Waals surface area contributed by atoms with E-state index in [2.05, 4.69) is 26.6 Å². The lowest BCUT2D eigenvalue weighted by molar-refractivity contribution is -0.114. The molecule has 0 radical (unpaired) electrons. The molecule has 24 heavy (non-hydrogen) atoms. The molecule has 0 atom stereocenters. The number of halogens is 1. The van der Waals surface area contributed by atoms with Crippen molar-refractivity contribution < 1.29 is 9.59 Å². The van der Waals surface area contributed by atoms with Gasteiger partial charge in [0.15, 0.2) is 5.78 Å². The SMILES string of the molecule is CC(=O)c1ccc(C#N)c(NCC(=O)Nc2ccc(Br)c(C)c2)c1. The van der Waals surface area contributed by atoms with E-state index in [9.17, 15) is 9.59 Å². The number of ketones is 1. The van der Waals surface area contributed by atoms with Crippen LogP contribution in [-0.2, 0) is 4.79 Å². The number of aryl methyl sites for hydroxylation is 1. The minimum absolute atomic E-state index is 0.00878. The molecule has 0 spiro atoms. The average molecular weight is 386 g/mol. The average Bonchev–Trinajstić information content (AvgIpc) is 2.56. The maximum atomic E-state index is 12.1. The molecule has 2 aromatic rings. The van der Waals surface area contributed by atoms with Crippen LogP contribution in [-0.4, -0.2) is 18.2 Å². The molecular weight excluding hydrogens is 370 g/mol. The summed E-state index contributed by atoms with van der Waals surface area (Å²) in [6.07, 6.45) is 0. The number of nitriles is 1. The van der Waals surface area contributed by atoms with Crippen molar-refractivity contribution in [3.63, 3.8) is 0 Å². The van der Waals surface area contributed by atoms with Crippen LogP contribution >= 0.6 is 15.9 Å². The third-order valence-corrected chi connectivity index (χ3v) is 4.32. The zero-order chi connectivity index (χ0) is 17.7.